The second kappa shape index (κ2) is 6.04. The molecule has 0 bridgehead atoms. The lowest BCUT2D eigenvalue weighted by molar-refractivity contribution is -0.136. The van der Waals surface area contributed by atoms with E-state index in [1.807, 2.05) is 13.0 Å². The van der Waals surface area contributed by atoms with Crippen LogP contribution < -0.4 is 10.5 Å². The molecule has 0 atom stereocenters. The third kappa shape index (κ3) is 4.52. The van der Waals surface area contributed by atoms with E-state index < -0.39 is 12.6 Å². The third-order valence-corrected chi connectivity index (χ3v) is 2.48. The Hall–Kier alpha value is -1.30. The molecule has 1 heterocycles. The summed E-state index contributed by atoms with van der Waals surface area (Å²) in [7, 11) is 0. The number of aromatic nitrogens is 1. The molecular formula is C12H17F3N2O. The van der Waals surface area contributed by atoms with Crippen molar-refractivity contribution < 1.29 is 17.9 Å². The topological polar surface area (TPSA) is 48.1 Å². The minimum atomic E-state index is -4.14. The maximum atomic E-state index is 12.0. The number of hydrogen-bond donors (Lipinski definition) is 1. The van der Waals surface area contributed by atoms with Crippen molar-refractivity contribution in [3.63, 3.8) is 0 Å². The van der Waals surface area contributed by atoms with Crippen LogP contribution in [0.5, 0.6) is 5.88 Å². The first-order valence-corrected chi connectivity index (χ1v) is 5.70. The van der Waals surface area contributed by atoms with Gasteiger partial charge in [-0.15, -0.1) is 0 Å². The normalized spacial score (nSPS) is 11.7. The van der Waals surface area contributed by atoms with Gasteiger partial charge in [0.05, 0.1) is 6.61 Å². The predicted molar refractivity (Wildman–Crippen MR) is 62.4 cm³/mol. The van der Waals surface area contributed by atoms with Crippen LogP contribution in [0.15, 0.2) is 6.07 Å². The molecule has 18 heavy (non-hydrogen) atoms. The number of pyridine rings is 1. The number of hydrogen-bond acceptors (Lipinski definition) is 3. The van der Waals surface area contributed by atoms with Gasteiger partial charge >= 0.3 is 6.18 Å². The number of alkyl halides is 3. The number of nitrogens with zero attached hydrogens (tertiary/aromatic N) is 1. The zero-order valence-corrected chi connectivity index (χ0v) is 10.5. The molecular weight excluding hydrogens is 245 g/mol. The Morgan fingerprint density at radius 3 is 2.56 bits per heavy atom. The van der Waals surface area contributed by atoms with Crippen LogP contribution in [0.2, 0.25) is 0 Å². The second-order valence-electron chi connectivity index (χ2n) is 4.14. The van der Waals surface area contributed by atoms with Crippen LogP contribution in [-0.4, -0.2) is 17.8 Å². The van der Waals surface area contributed by atoms with Gasteiger partial charge in [-0.25, -0.2) is 4.98 Å². The highest BCUT2D eigenvalue weighted by Crippen LogP contribution is 2.23. The number of nitrogens with two attached hydrogens (primary N) is 1. The van der Waals surface area contributed by atoms with E-state index in [-0.39, 0.29) is 19.6 Å². The van der Waals surface area contributed by atoms with Crippen LogP contribution in [0.3, 0.4) is 0 Å². The first kappa shape index (κ1) is 14.8. The lowest BCUT2D eigenvalue weighted by Gasteiger charge is -2.13. The summed E-state index contributed by atoms with van der Waals surface area (Å²) in [5.74, 6) is 0.345. The molecule has 0 aliphatic rings. The lowest BCUT2D eigenvalue weighted by atomic mass is 10.1. The maximum absolute atomic E-state index is 12.0. The Kier molecular flexibility index (Phi) is 4.95. The Bertz CT molecular complexity index is 405. The van der Waals surface area contributed by atoms with Gasteiger partial charge in [0, 0.05) is 24.2 Å². The van der Waals surface area contributed by atoms with E-state index in [4.69, 9.17) is 10.5 Å². The van der Waals surface area contributed by atoms with Gasteiger partial charge in [-0.2, -0.15) is 13.2 Å². The molecule has 0 spiro atoms. The van der Waals surface area contributed by atoms with Gasteiger partial charge in [-0.05, 0) is 31.9 Å². The van der Waals surface area contributed by atoms with Crippen molar-refractivity contribution in [2.24, 2.45) is 5.73 Å². The van der Waals surface area contributed by atoms with Crippen LogP contribution in [0, 0.1) is 13.8 Å². The average molecular weight is 262 g/mol. The summed E-state index contributed by atoms with van der Waals surface area (Å²) < 4.78 is 41.2. The molecule has 0 saturated heterocycles. The molecule has 3 nitrogen and oxygen atoms in total. The Morgan fingerprint density at radius 1 is 1.33 bits per heavy atom. The second-order valence-corrected chi connectivity index (χ2v) is 4.14. The van der Waals surface area contributed by atoms with Crippen molar-refractivity contribution >= 4 is 0 Å². The number of halogens is 3. The van der Waals surface area contributed by atoms with E-state index >= 15 is 0 Å². The molecule has 0 aliphatic carbocycles. The number of ether oxygens (including phenoxy) is 1. The van der Waals surface area contributed by atoms with Crippen molar-refractivity contribution in [3.05, 3.63) is 22.9 Å². The van der Waals surface area contributed by atoms with Crippen LogP contribution in [0.4, 0.5) is 13.2 Å². The zero-order chi connectivity index (χ0) is 13.8. The molecule has 102 valence electrons. The third-order valence-electron chi connectivity index (χ3n) is 2.48. The van der Waals surface area contributed by atoms with Crippen molar-refractivity contribution in [2.45, 2.75) is 39.4 Å². The Morgan fingerprint density at radius 2 is 2.00 bits per heavy atom. The standard InChI is InChI=1S/C12H17F3N2O/c1-8-6-9(2)17-11(10(8)7-16)18-5-3-4-12(13,14)15/h6H,3-5,7,16H2,1-2H3. The lowest BCUT2D eigenvalue weighted by Crippen LogP contribution is -2.12. The van der Waals surface area contributed by atoms with Gasteiger partial charge in [0.2, 0.25) is 5.88 Å². The SMILES string of the molecule is Cc1cc(C)c(CN)c(OCCCC(F)(F)F)n1. The van der Waals surface area contributed by atoms with Crippen molar-refractivity contribution in [1.82, 2.24) is 4.98 Å². The molecule has 1 aromatic rings. The van der Waals surface area contributed by atoms with Gasteiger partial charge < -0.3 is 10.5 Å². The summed E-state index contributed by atoms with van der Waals surface area (Å²) in [6.45, 7) is 3.92. The van der Waals surface area contributed by atoms with E-state index in [1.165, 1.54) is 0 Å². The van der Waals surface area contributed by atoms with Gasteiger partial charge in [0.15, 0.2) is 0 Å². The summed E-state index contributed by atoms with van der Waals surface area (Å²) in [5.41, 5.74) is 8.02. The highest BCUT2D eigenvalue weighted by Gasteiger charge is 2.26. The summed E-state index contributed by atoms with van der Waals surface area (Å²) >= 11 is 0. The fourth-order valence-corrected chi connectivity index (χ4v) is 1.64. The molecule has 0 saturated carbocycles. The minimum Gasteiger partial charge on any atom is -0.477 e. The molecule has 0 aromatic carbocycles. The molecule has 6 heteroatoms. The first-order chi connectivity index (χ1) is 8.33. The highest BCUT2D eigenvalue weighted by molar-refractivity contribution is 5.35. The van der Waals surface area contributed by atoms with Crippen LogP contribution >= 0.6 is 0 Å². The molecule has 0 fully saturated rings. The van der Waals surface area contributed by atoms with Crippen LogP contribution in [0.25, 0.3) is 0 Å². The first-order valence-electron chi connectivity index (χ1n) is 5.70. The maximum Gasteiger partial charge on any atom is 0.389 e. The monoisotopic (exact) mass is 262 g/mol. The fourth-order valence-electron chi connectivity index (χ4n) is 1.64. The highest BCUT2D eigenvalue weighted by atomic mass is 19.4. The number of aryl methyl sites for hydroxylation is 2. The van der Waals surface area contributed by atoms with Crippen LogP contribution in [-0.2, 0) is 6.54 Å². The summed E-state index contributed by atoms with van der Waals surface area (Å²) in [6.07, 6.45) is -5.08. The predicted octanol–water partition coefficient (Wildman–Crippen LogP) is 2.88. The van der Waals surface area contributed by atoms with E-state index in [0.29, 0.717) is 5.88 Å². The molecule has 0 unspecified atom stereocenters. The quantitative estimate of drug-likeness (QED) is 0.830. The van der Waals surface area contributed by atoms with Gasteiger partial charge in [-0.1, -0.05) is 0 Å². The molecule has 2 N–H and O–H groups in total. The van der Waals surface area contributed by atoms with Gasteiger partial charge in [-0.3, -0.25) is 0 Å². The van der Waals surface area contributed by atoms with Crippen molar-refractivity contribution in [2.75, 3.05) is 6.61 Å². The molecule has 0 amide bonds. The smallest absolute Gasteiger partial charge is 0.389 e. The van der Waals surface area contributed by atoms with E-state index in [9.17, 15) is 13.2 Å². The van der Waals surface area contributed by atoms with Gasteiger partial charge in [0.1, 0.15) is 0 Å². The van der Waals surface area contributed by atoms with E-state index in [2.05, 4.69) is 4.98 Å². The summed E-state index contributed by atoms with van der Waals surface area (Å²) in [4.78, 5) is 4.16. The summed E-state index contributed by atoms with van der Waals surface area (Å²) in [6, 6.07) is 1.87. The van der Waals surface area contributed by atoms with Crippen LogP contribution in [0.1, 0.15) is 29.7 Å². The number of rotatable bonds is 5. The Labute approximate surface area is 104 Å². The van der Waals surface area contributed by atoms with Crippen molar-refractivity contribution in [1.29, 1.82) is 0 Å². The largest absolute Gasteiger partial charge is 0.477 e. The van der Waals surface area contributed by atoms with E-state index in [0.717, 1.165) is 16.8 Å². The fraction of sp³-hybridized carbons (Fsp3) is 0.583. The minimum absolute atomic E-state index is 0.0115. The van der Waals surface area contributed by atoms with E-state index in [1.54, 1.807) is 6.92 Å². The van der Waals surface area contributed by atoms with Crippen molar-refractivity contribution in [3.8, 4) is 5.88 Å². The molecule has 1 aromatic heterocycles. The Balaban J connectivity index is 2.61. The van der Waals surface area contributed by atoms with Gasteiger partial charge in [0.25, 0.3) is 0 Å². The molecule has 0 aliphatic heterocycles. The molecule has 1 rings (SSSR count). The summed E-state index contributed by atoms with van der Waals surface area (Å²) in [5, 5.41) is 0. The average Bonchev–Trinajstić information content (AvgIpc) is 2.22. The zero-order valence-electron chi connectivity index (χ0n) is 10.5. The molecule has 0 radical (unpaired) electrons.